The molecule has 0 radical (unpaired) electrons. The van der Waals surface area contributed by atoms with E-state index >= 15 is 0 Å². The van der Waals surface area contributed by atoms with Gasteiger partial charge in [0.05, 0.1) is 6.04 Å². The highest BCUT2D eigenvalue weighted by Gasteiger charge is 2.21. The summed E-state index contributed by atoms with van der Waals surface area (Å²) in [6.45, 7) is 0.0440. The number of hydrogen-bond acceptors (Lipinski definition) is 5. The molecule has 5 nitrogen and oxygen atoms in total. The summed E-state index contributed by atoms with van der Waals surface area (Å²) >= 11 is 0. The fourth-order valence-electron chi connectivity index (χ4n) is 2.36. The SMILES string of the molecule is NC(CCO)c1nc(C2CCCCCC2)no1. The van der Waals surface area contributed by atoms with Crippen molar-refractivity contribution in [3.8, 4) is 0 Å². The van der Waals surface area contributed by atoms with Crippen molar-refractivity contribution in [2.45, 2.75) is 56.9 Å². The monoisotopic (exact) mass is 239 g/mol. The summed E-state index contributed by atoms with van der Waals surface area (Å²) in [5.74, 6) is 1.69. The van der Waals surface area contributed by atoms with Gasteiger partial charge in [0.25, 0.3) is 0 Å². The maximum absolute atomic E-state index is 8.82. The fourth-order valence-corrected chi connectivity index (χ4v) is 2.36. The molecular weight excluding hydrogens is 218 g/mol. The van der Waals surface area contributed by atoms with Crippen LogP contribution in [0.4, 0.5) is 0 Å². The Labute approximate surface area is 101 Å². The van der Waals surface area contributed by atoms with E-state index < -0.39 is 0 Å². The number of nitrogens with two attached hydrogens (primary N) is 1. The summed E-state index contributed by atoms with van der Waals surface area (Å²) in [4.78, 5) is 4.38. The van der Waals surface area contributed by atoms with Gasteiger partial charge < -0.3 is 15.4 Å². The number of aromatic nitrogens is 2. The second-order valence-electron chi connectivity index (χ2n) is 4.80. The molecule has 0 saturated heterocycles. The summed E-state index contributed by atoms with van der Waals surface area (Å²) in [6, 6.07) is -0.341. The second kappa shape index (κ2) is 6.12. The molecule has 17 heavy (non-hydrogen) atoms. The van der Waals surface area contributed by atoms with Crippen molar-refractivity contribution < 1.29 is 9.63 Å². The van der Waals surface area contributed by atoms with Crippen molar-refractivity contribution in [2.75, 3.05) is 6.61 Å². The molecule has 1 aliphatic rings. The molecule has 0 aromatic carbocycles. The van der Waals surface area contributed by atoms with Gasteiger partial charge in [0.15, 0.2) is 5.82 Å². The number of aliphatic hydroxyl groups excluding tert-OH is 1. The third kappa shape index (κ3) is 3.26. The molecule has 96 valence electrons. The summed E-state index contributed by atoms with van der Waals surface area (Å²) in [6.07, 6.45) is 7.87. The van der Waals surface area contributed by atoms with Crippen LogP contribution in [0.5, 0.6) is 0 Å². The lowest BCUT2D eigenvalue weighted by Gasteiger charge is -2.07. The highest BCUT2D eigenvalue weighted by atomic mass is 16.5. The zero-order chi connectivity index (χ0) is 12.1. The number of rotatable bonds is 4. The second-order valence-corrected chi connectivity index (χ2v) is 4.80. The minimum absolute atomic E-state index is 0.0440. The van der Waals surface area contributed by atoms with Crippen LogP contribution >= 0.6 is 0 Å². The van der Waals surface area contributed by atoms with E-state index in [4.69, 9.17) is 15.4 Å². The van der Waals surface area contributed by atoms with E-state index in [0.717, 1.165) is 18.7 Å². The molecule has 3 N–H and O–H groups in total. The molecule has 0 amide bonds. The van der Waals surface area contributed by atoms with Crippen LogP contribution in [0.3, 0.4) is 0 Å². The van der Waals surface area contributed by atoms with Crippen LogP contribution in [-0.2, 0) is 0 Å². The fraction of sp³-hybridized carbons (Fsp3) is 0.833. The maximum Gasteiger partial charge on any atom is 0.243 e. The van der Waals surface area contributed by atoms with E-state index in [2.05, 4.69) is 10.1 Å². The zero-order valence-corrected chi connectivity index (χ0v) is 10.1. The smallest absolute Gasteiger partial charge is 0.243 e. The van der Waals surface area contributed by atoms with Gasteiger partial charge in [-0.2, -0.15) is 4.98 Å². The molecule has 1 atom stereocenters. The first-order valence-corrected chi connectivity index (χ1v) is 6.51. The first kappa shape index (κ1) is 12.5. The number of nitrogens with zero attached hydrogens (tertiary/aromatic N) is 2. The Hall–Kier alpha value is -0.940. The van der Waals surface area contributed by atoms with Crippen LogP contribution in [0, 0.1) is 0 Å². The van der Waals surface area contributed by atoms with Gasteiger partial charge in [-0.15, -0.1) is 0 Å². The van der Waals surface area contributed by atoms with Crippen molar-refractivity contribution in [1.29, 1.82) is 0 Å². The van der Waals surface area contributed by atoms with Crippen LogP contribution < -0.4 is 5.73 Å². The minimum atomic E-state index is -0.341. The summed E-state index contributed by atoms with van der Waals surface area (Å²) < 4.78 is 5.18. The predicted octanol–water partition coefficient (Wildman–Crippen LogP) is 1.89. The lowest BCUT2D eigenvalue weighted by Crippen LogP contribution is -2.12. The van der Waals surface area contributed by atoms with Gasteiger partial charge >= 0.3 is 0 Å². The molecule has 1 aromatic rings. The highest BCUT2D eigenvalue weighted by Crippen LogP contribution is 2.30. The molecule has 1 fully saturated rings. The van der Waals surface area contributed by atoms with Crippen LogP contribution in [0.2, 0.25) is 0 Å². The third-order valence-electron chi connectivity index (χ3n) is 3.44. The van der Waals surface area contributed by atoms with Gasteiger partial charge in [0.1, 0.15) is 0 Å². The first-order chi connectivity index (χ1) is 8.31. The highest BCUT2D eigenvalue weighted by molar-refractivity contribution is 4.98. The van der Waals surface area contributed by atoms with E-state index in [-0.39, 0.29) is 12.6 Å². The Bertz CT molecular complexity index is 332. The van der Waals surface area contributed by atoms with Crippen molar-refractivity contribution in [3.05, 3.63) is 11.7 Å². The molecule has 1 unspecified atom stereocenters. The van der Waals surface area contributed by atoms with Crippen LogP contribution in [-0.4, -0.2) is 21.9 Å². The first-order valence-electron chi connectivity index (χ1n) is 6.51. The Balaban J connectivity index is 2.01. The van der Waals surface area contributed by atoms with Crippen molar-refractivity contribution in [3.63, 3.8) is 0 Å². The Kier molecular flexibility index (Phi) is 4.50. The Morgan fingerprint density at radius 3 is 2.65 bits per heavy atom. The van der Waals surface area contributed by atoms with Gasteiger partial charge in [-0.3, -0.25) is 0 Å². The normalized spacial score (nSPS) is 20.1. The van der Waals surface area contributed by atoms with Crippen LogP contribution in [0.25, 0.3) is 0 Å². The summed E-state index contributed by atoms with van der Waals surface area (Å²) in [5, 5.41) is 12.9. The van der Waals surface area contributed by atoms with E-state index in [1.807, 2.05) is 0 Å². The predicted molar refractivity (Wildman–Crippen MR) is 63.4 cm³/mol. The van der Waals surface area contributed by atoms with Gasteiger partial charge in [-0.25, -0.2) is 0 Å². The lowest BCUT2D eigenvalue weighted by atomic mass is 10.00. The zero-order valence-electron chi connectivity index (χ0n) is 10.1. The molecular formula is C12H21N3O2. The van der Waals surface area contributed by atoms with E-state index in [1.54, 1.807) is 0 Å². The van der Waals surface area contributed by atoms with E-state index in [9.17, 15) is 0 Å². The molecule has 0 aliphatic heterocycles. The van der Waals surface area contributed by atoms with E-state index in [1.165, 1.54) is 25.7 Å². The molecule has 1 saturated carbocycles. The number of hydrogen-bond donors (Lipinski definition) is 2. The van der Waals surface area contributed by atoms with Crippen LogP contribution in [0.1, 0.15) is 68.6 Å². The van der Waals surface area contributed by atoms with Gasteiger partial charge in [0.2, 0.25) is 5.89 Å². The molecule has 0 spiro atoms. The third-order valence-corrected chi connectivity index (χ3v) is 3.44. The molecule has 2 rings (SSSR count). The average molecular weight is 239 g/mol. The van der Waals surface area contributed by atoms with Crippen LogP contribution in [0.15, 0.2) is 4.52 Å². The molecule has 5 heteroatoms. The summed E-state index contributed by atoms with van der Waals surface area (Å²) in [5.41, 5.74) is 5.82. The van der Waals surface area contributed by atoms with Gasteiger partial charge in [0, 0.05) is 12.5 Å². The molecule has 1 aromatic heterocycles. The van der Waals surface area contributed by atoms with Crippen molar-refractivity contribution >= 4 is 0 Å². The van der Waals surface area contributed by atoms with Crippen molar-refractivity contribution in [2.24, 2.45) is 5.73 Å². The maximum atomic E-state index is 8.82. The number of aliphatic hydroxyl groups is 1. The molecule has 1 aliphatic carbocycles. The largest absolute Gasteiger partial charge is 0.396 e. The molecule has 0 bridgehead atoms. The van der Waals surface area contributed by atoms with Crippen molar-refractivity contribution in [1.82, 2.24) is 10.1 Å². The van der Waals surface area contributed by atoms with E-state index in [0.29, 0.717) is 18.2 Å². The average Bonchev–Trinajstić information content (AvgIpc) is 2.66. The Morgan fingerprint density at radius 2 is 2.00 bits per heavy atom. The minimum Gasteiger partial charge on any atom is -0.396 e. The van der Waals surface area contributed by atoms with Gasteiger partial charge in [-0.1, -0.05) is 30.8 Å². The lowest BCUT2D eigenvalue weighted by molar-refractivity contribution is 0.258. The Morgan fingerprint density at radius 1 is 1.29 bits per heavy atom. The topological polar surface area (TPSA) is 85.2 Å². The quantitative estimate of drug-likeness (QED) is 0.784. The standard InChI is InChI=1S/C12H21N3O2/c13-10(7-8-16)12-14-11(15-17-12)9-5-3-1-2-4-6-9/h9-10,16H,1-8,13H2. The molecule has 1 heterocycles. The van der Waals surface area contributed by atoms with Gasteiger partial charge in [-0.05, 0) is 19.3 Å². The summed E-state index contributed by atoms with van der Waals surface area (Å²) in [7, 11) is 0.